The second kappa shape index (κ2) is 6.91. The maximum atomic E-state index is 12.2. The zero-order valence-corrected chi connectivity index (χ0v) is 14.3. The van der Waals surface area contributed by atoms with Gasteiger partial charge in [0.2, 0.25) is 0 Å². The molecule has 0 aromatic heterocycles. The molecule has 0 aliphatic heterocycles. The van der Waals surface area contributed by atoms with Crippen LogP contribution in [-0.4, -0.2) is 28.9 Å². The molecular formula is C17H22O6. The number of rotatable bonds is 4. The van der Waals surface area contributed by atoms with Gasteiger partial charge in [-0.05, 0) is 53.7 Å². The summed E-state index contributed by atoms with van der Waals surface area (Å²) >= 11 is 0. The first kappa shape index (κ1) is 18.8. The van der Waals surface area contributed by atoms with Crippen LogP contribution in [0.25, 0.3) is 0 Å². The molecule has 0 saturated carbocycles. The number of carbonyl (C=O) groups is 3. The van der Waals surface area contributed by atoms with Crippen LogP contribution in [0.4, 0.5) is 0 Å². The molecule has 0 heterocycles. The van der Waals surface area contributed by atoms with E-state index < -0.39 is 28.9 Å². The first-order chi connectivity index (χ1) is 10.4. The van der Waals surface area contributed by atoms with Gasteiger partial charge in [0.05, 0.1) is 5.56 Å². The topological polar surface area (TPSA) is 78.9 Å². The number of hydrogen-bond acceptors (Lipinski definition) is 6. The molecule has 6 heteroatoms. The third-order valence-corrected chi connectivity index (χ3v) is 2.34. The molecule has 0 fully saturated rings. The Morgan fingerprint density at radius 3 is 1.83 bits per heavy atom. The van der Waals surface area contributed by atoms with Crippen molar-refractivity contribution in [1.29, 1.82) is 0 Å². The van der Waals surface area contributed by atoms with E-state index in [1.54, 1.807) is 53.7 Å². The highest BCUT2D eigenvalue weighted by Crippen LogP contribution is 2.16. The van der Waals surface area contributed by atoms with E-state index in [0.29, 0.717) is 0 Å². The smallest absolute Gasteiger partial charge is 0.380 e. The highest BCUT2D eigenvalue weighted by Gasteiger charge is 2.28. The van der Waals surface area contributed by atoms with Gasteiger partial charge in [-0.3, -0.25) is 9.68 Å². The van der Waals surface area contributed by atoms with Gasteiger partial charge in [0.25, 0.3) is 5.78 Å². The maximum Gasteiger partial charge on any atom is 0.380 e. The van der Waals surface area contributed by atoms with Crippen molar-refractivity contribution in [2.45, 2.75) is 52.7 Å². The van der Waals surface area contributed by atoms with E-state index in [9.17, 15) is 14.4 Å². The second-order valence-electron chi connectivity index (χ2n) is 6.94. The zero-order chi connectivity index (χ0) is 17.8. The van der Waals surface area contributed by atoms with E-state index in [4.69, 9.17) is 14.5 Å². The van der Waals surface area contributed by atoms with Gasteiger partial charge < -0.3 is 4.74 Å². The molecule has 1 aromatic carbocycles. The minimum Gasteiger partial charge on any atom is -0.454 e. The molecule has 0 N–H and O–H groups in total. The molecule has 6 nitrogen and oxygen atoms in total. The standard InChI is InChI=1S/C17H22O6/c1-16(2,3)21-15(20)13(18)11-9-7-8-10-12(11)14(19)22-23-17(4,5)6/h7-10H,1-6H3. The molecule has 0 spiro atoms. The quantitative estimate of drug-likeness (QED) is 0.279. The van der Waals surface area contributed by atoms with E-state index in [-0.39, 0.29) is 11.1 Å². The highest BCUT2D eigenvalue weighted by atomic mass is 17.2. The lowest BCUT2D eigenvalue weighted by molar-refractivity contribution is -0.301. The molecule has 1 rings (SSSR count). The van der Waals surface area contributed by atoms with Gasteiger partial charge in [-0.2, -0.15) is 4.89 Å². The number of ether oxygens (including phenoxy) is 1. The van der Waals surface area contributed by atoms with E-state index in [0.717, 1.165) is 0 Å². The van der Waals surface area contributed by atoms with Gasteiger partial charge in [0, 0.05) is 5.56 Å². The fourth-order valence-corrected chi connectivity index (χ4v) is 1.50. The molecule has 0 atom stereocenters. The second-order valence-corrected chi connectivity index (χ2v) is 6.94. The van der Waals surface area contributed by atoms with Gasteiger partial charge >= 0.3 is 11.9 Å². The summed E-state index contributed by atoms with van der Waals surface area (Å²) in [6, 6.07) is 5.84. The normalized spacial score (nSPS) is 11.7. The van der Waals surface area contributed by atoms with Crippen molar-refractivity contribution in [1.82, 2.24) is 0 Å². The molecule has 0 amide bonds. The van der Waals surface area contributed by atoms with Crippen LogP contribution in [-0.2, 0) is 19.3 Å². The van der Waals surface area contributed by atoms with Crippen LogP contribution in [0.3, 0.4) is 0 Å². The van der Waals surface area contributed by atoms with E-state index in [1.165, 1.54) is 12.1 Å². The molecule has 0 unspecified atom stereocenters. The highest BCUT2D eigenvalue weighted by molar-refractivity contribution is 6.42. The van der Waals surface area contributed by atoms with Crippen LogP contribution in [0, 0.1) is 0 Å². The number of carbonyl (C=O) groups excluding carboxylic acids is 3. The molecule has 23 heavy (non-hydrogen) atoms. The summed E-state index contributed by atoms with van der Waals surface area (Å²) in [5, 5.41) is 0. The summed E-state index contributed by atoms with van der Waals surface area (Å²) in [6.07, 6.45) is 0. The predicted octanol–water partition coefficient (Wildman–Crippen LogP) is 3.10. The Morgan fingerprint density at radius 1 is 0.826 bits per heavy atom. The zero-order valence-electron chi connectivity index (χ0n) is 14.3. The van der Waals surface area contributed by atoms with Crippen LogP contribution >= 0.6 is 0 Å². The molecule has 0 aliphatic carbocycles. The molecule has 0 bridgehead atoms. The summed E-state index contributed by atoms with van der Waals surface area (Å²) in [4.78, 5) is 45.9. The molecule has 126 valence electrons. The van der Waals surface area contributed by atoms with Gasteiger partial charge in [-0.1, -0.05) is 12.1 Å². The minimum absolute atomic E-state index is 0.0624. The lowest BCUT2D eigenvalue weighted by Gasteiger charge is -2.19. The minimum atomic E-state index is -1.03. The number of ketones is 1. The molecule has 1 aromatic rings. The number of Topliss-reactive ketones (excluding diaryl/α,β-unsaturated/α-hetero) is 1. The average Bonchev–Trinajstić information content (AvgIpc) is 2.41. The van der Waals surface area contributed by atoms with Crippen LogP contribution in [0.2, 0.25) is 0 Å². The first-order valence-electron chi connectivity index (χ1n) is 7.17. The Hall–Kier alpha value is -2.21. The van der Waals surface area contributed by atoms with E-state index in [2.05, 4.69) is 0 Å². The SMILES string of the molecule is CC(C)(C)OOC(=O)c1ccccc1C(=O)C(=O)OC(C)(C)C. The van der Waals surface area contributed by atoms with Crippen molar-refractivity contribution in [3.05, 3.63) is 35.4 Å². The number of hydrogen-bond donors (Lipinski definition) is 0. The Labute approximate surface area is 135 Å². The van der Waals surface area contributed by atoms with Gasteiger partial charge in [-0.15, -0.1) is 0 Å². The van der Waals surface area contributed by atoms with Crippen LogP contribution in [0.1, 0.15) is 62.3 Å². The lowest BCUT2D eigenvalue weighted by Crippen LogP contribution is -2.30. The number of benzene rings is 1. The Bertz CT molecular complexity index is 604. The fourth-order valence-electron chi connectivity index (χ4n) is 1.50. The lowest BCUT2D eigenvalue weighted by atomic mass is 10.0. The first-order valence-corrected chi connectivity index (χ1v) is 7.17. The van der Waals surface area contributed by atoms with Crippen molar-refractivity contribution in [3.63, 3.8) is 0 Å². The van der Waals surface area contributed by atoms with Gasteiger partial charge in [-0.25, -0.2) is 9.59 Å². The van der Waals surface area contributed by atoms with Crippen molar-refractivity contribution >= 4 is 17.7 Å². The predicted molar refractivity (Wildman–Crippen MR) is 82.9 cm³/mol. The Balaban J connectivity index is 2.99. The largest absolute Gasteiger partial charge is 0.454 e. The summed E-state index contributed by atoms with van der Waals surface area (Å²) in [5.74, 6) is -2.80. The molecule has 0 aliphatic rings. The van der Waals surface area contributed by atoms with Crippen molar-refractivity contribution in [3.8, 4) is 0 Å². The monoisotopic (exact) mass is 322 g/mol. The van der Waals surface area contributed by atoms with E-state index in [1.807, 2.05) is 0 Å². The van der Waals surface area contributed by atoms with Crippen molar-refractivity contribution in [2.75, 3.05) is 0 Å². The van der Waals surface area contributed by atoms with Crippen LogP contribution < -0.4 is 0 Å². The Morgan fingerprint density at radius 2 is 1.35 bits per heavy atom. The van der Waals surface area contributed by atoms with Crippen molar-refractivity contribution in [2.24, 2.45) is 0 Å². The maximum absolute atomic E-state index is 12.2. The van der Waals surface area contributed by atoms with Crippen LogP contribution in [0.5, 0.6) is 0 Å². The molecular weight excluding hydrogens is 300 g/mol. The summed E-state index contributed by atoms with van der Waals surface area (Å²) in [7, 11) is 0. The van der Waals surface area contributed by atoms with Crippen molar-refractivity contribution < 1.29 is 28.9 Å². The molecule has 0 radical (unpaired) electrons. The molecule has 0 saturated heterocycles. The van der Waals surface area contributed by atoms with Gasteiger partial charge in [0.1, 0.15) is 11.2 Å². The summed E-state index contributed by atoms with van der Waals surface area (Å²) in [5.41, 5.74) is -1.66. The Kier molecular flexibility index (Phi) is 5.66. The third-order valence-electron chi connectivity index (χ3n) is 2.34. The average molecular weight is 322 g/mol. The number of esters is 1. The summed E-state index contributed by atoms with van der Waals surface area (Å²) in [6.45, 7) is 10.1. The summed E-state index contributed by atoms with van der Waals surface area (Å²) < 4.78 is 5.03. The van der Waals surface area contributed by atoms with Crippen LogP contribution in [0.15, 0.2) is 24.3 Å². The van der Waals surface area contributed by atoms with E-state index >= 15 is 0 Å². The van der Waals surface area contributed by atoms with Gasteiger partial charge in [0.15, 0.2) is 0 Å². The third kappa shape index (κ3) is 6.20. The fraction of sp³-hybridized carbons (Fsp3) is 0.471.